The first kappa shape index (κ1) is 11.6. The van der Waals surface area contributed by atoms with Crippen molar-refractivity contribution >= 4 is 35.0 Å². The van der Waals surface area contributed by atoms with Crippen LogP contribution in [-0.4, -0.2) is 15.2 Å². The van der Waals surface area contributed by atoms with Crippen molar-refractivity contribution in [3.63, 3.8) is 0 Å². The summed E-state index contributed by atoms with van der Waals surface area (Å²) >= 11 is 12.6. The molecule has 0 bridgehead atoms. The normalized spacial score (nSPS) is 10.4. The third kappa shape index (κ3) is 2.81. The summed E-state index contributed by atoms with van der Waals surface area (Å²) in [6, 6.07) is 5.94. The summed E-state index contributed by atoms with van der Waals surface area (Å²) in [4.78, 5) is 4.71. The third-order valence-electron chi connectivity index (χ3n) is 1.62. The molecule has 0 aliphatic heterocycles. The minimum absolute atomic E-state index is 0.0222. The van der Waals surface area contributed by atoms with Crippen molar-refractivity contribution in [3.8, 4) is 0 Å². The SMILES string of the molecule is Fc1ccc(Sc2nc(Cl)nnc2Cl)cc1. The Bertz CT molecular complexity index is 507. The van der Waals surface area contributed by atoms with Crippen LogP contribution in [-0.2, 0) is 0 Å². The molecule has 0 unspecified atom stereocenters. The predicted molar refractivity (Wildman–Crippen MR) is 60.4 cm³/mol. The minimum atomic E-state index is -0.297. The van der Waals surface area contributed by atoms with Gasteiger partial charge in [0.15, 0.2) is 5.15 Å². The number of rotatable bonds is 2. The van der Waals surface area contributed by atoms with E-state index in [0.717, 1.165) is 4.90 Å². The highest BCUT2D eigenvalue weighted by Gasteiger charge is 2.08. The van der Waals surface area contributed by atoms with Gasteiger partial charge in [0.05, 0.1) is 0 Å². The molecule has 2 rings (SSSR count). The third-order valence-corrected chi connectivity index (χ3v) is 3.13. The van der Waals surface area contributed by atoms with Gasteiger partial charge in [0.2, 0.25) is 5.28 Å². The van der Waals surface area contributed by atoms with E-state index in [1.807, 2.05) is 0 Å². The first-order valence-corrected chi connectivity index (χ1v) is 5.71. The molecule has 0 aliphatic carbocycles. The molecule has 3 nitrogen and oxygen atoms in total. The Kier molecular flexibility index (Phi) is 3.58. The standard InChI is InChI=1S/C9H4Cl2FN3S/c10-7-8(13-9(11)15-14-7)16-6-3-1-5(12)2-4-6/h1-4H. The van der Waals surface area contributed by atoms with Crippen LogP contribution in [0, 0.1) is 5.82 Å². The van der Waals surface area contributed by atoms with Crippen LogP contribution in [0.2, 0.25) is 10.4 Å². The second-order valence-electron chi connectivity index (χ2n) is 2.73. The molecule has 0 radical (unpaired) electrons. The first-order valence-electron chi connectivity index (χ1n) is 4.14. The molecule has 0 saturated heterocycles. The fourth-order valence-corrected chi connectivity index (χ4v) is 2.08. The van der Waals surface area contributed by atoms with E-state index in [4.69, 9.17) is 23.2 Å². The molecular weight excluding hydrogens is 272 g/mol. The summed E-state index contributed by atoms with van der Waals surface area (Å²) in [6.07, 6.45) is 0. The molecule has 0 fully saturated rings. The van der Waals surface area contributed by atoms with E-state index < -0.39 is 0 Å². The highest BCUT2D eigenvalue weighted by Crippen LogP contribution is 2.30. The van der Waals surface area contributed by atoms with Crippen molar-refractivity contribution in [1.29, 1.82) is 0 Å². The van der Waals surface area contributed by atoms with E-state index in [0.29, 0.717) is 5.03 Å². The summed E-state index contributed by atoms with van der Waals surface area (Å²) in [5, 5.41) is 7.74. The van der Waals surface area contributed by atoms with Gasteiger partial charge in [0, 0.05) is 4.90 Å². The molecule has 1 aromatic heterocycles. The average Bonchev–Trinajstić information content (AvgIpc) is 2.27. The van der Waals surface area contributed by atoms with Crippen molar-refractivity contribution < 1.29 is 4.39 Å². The number of hydrogen-bond acceptors (Lipinski definition) is 4. The molecule has 0 saturated carbocycles. The van der Waals surface area contributed by atoms with Crippen LogP contribution in [0.4, 0.5) is 4.39 Å². The van der Waals surface area contributed by atoms with Crippen LogP contribution in [0.15, 0.2) is 34.2 Å². The van der Waals surface area contributed by atoms with Gasteiger partial charge in [-0.15, -0.1) is 10.2 Å². The maximum Gasteiger partial charge on any atom is 0.244 e. The van der Waals surface area contributed by atoms with E-state index in [2.05, 4.69) is 15.2 Å². The molecule has 0 N–H and O–H groups in total. The van der Waals surface area contributed by atoms with Crippen LogP contribution in [0.25, 0.3) is 0 Å². The van der Waals surface area contributed by atoms with Gasteiger partial charge in [-0.1, -0.05) is 23.4 Å². The van der Waals surface area contributed by atoms with Gasteiger partial charge in [0.1, 0.15) is 10.8 Å². The fourth-order valence-electron chi connectivity index (χ4n) is 0.959. The van der Waals surface area contributed by atoms with E-state index in [9.17, 15) is 4.39 Å². The lowest BCUT2D eigenvalue weighted by Crippen LogP contribution is -1.91. The largest absolute Gasteiger partial charge is 0.244 e. The summed E-state index contributed by atoms with van der Waals surface area (Å²) in [5.74, 6) is -0.297. The van der Waals surface area contributed by atoms with E-state index in [1.165, 1.54) is 23.9 Å². The van der Waals surface area contributed by atoms with Crippen molar-refractivity contribution in [2.45, 2.75) is 9.92 Å². The van der Waals surface area contributed by atoms with Crippen LogP contribution < -0.4 is 0 Å². The Morgan fingerprint density at radius 2 is 1.75 bits per heavy atom. The summed E-state index contributed by atoms with van der Waals surface area (Å²) < 4.78 is 12.7. The van der Waals surface area contributed by atoms with E-state index >= 15 is 0 Å². The van der Waals surface area contributed by atoms with Gasteiger partial charge in [-0.3, -0.25) is 0 Å². The average molecular weight is 276 g/mol. The van der Waals surface area contributed by atoms with Crippen LogP contribution in [0.5, 0.6) is 0 Å². The maximum absolute atomic E-state index is 12.7. The Hall–Kier alpha value is -0.910. The monoisotopic (exact) mass is 275 g/mol. The zero-order chi connectivity index (χ0) is 11.5. The lowest BCUT2D eigenvalue weighted by Gasteiger charge is -2.01. The number of hydrogen-bond donors (Lipinski definition) is 0. The number of aromatic nitrogens is 3. The fraction of sp³-hybridized carbons (Fsp3) is 0. The maximum atomic E-state index is 12.7. The van der Waals surface area contributed by atoms with Crippen LogP contribution in [0.3, 0.4) is 0 Å². The zero-order valence-electron chi connectivity index (χ0n) is 7.69. The summed E-state index contributed by atoms with van der Waals surface area (Å²) in [6.45, 7) is 0. The highest BCUT2D eigenvalue weighted by atomic mass is 35.5. The van der Waals surface area contributed by atoms with Crippen molar-refractivity contribution in [3.05, 3.63) is 40.5 Å². The van der Waals surface area contributed by atoms with Crippen molar-refractivity contribution in [2.75, 3.05) is 0 Å². The lowest BCUT2D eigenvalue weighted by molar-refractivity contribution is 0.626. The van der Waals surface area contributed by atoms with Gasteiger partial charge in [-0.25, -0.2) is 9.37 Å². The molecule has 0 amide bonds. The number of halogens is 3. The van der Waals surface area contributed by atoms with Gasteiger partial charge in [-0.2, -0.15) is 0 Å². The topological polar surface area (TPSA) is 38.7 Å². The Labute approximate surface area is 105 Å². The minimum Gasteiger partial charge on any atom is -0.207 e. The lowest BCUT2D eigenvalue weighted by atomic mass is 10.4. The first-order chi connectivity index (χ1) is 7.65. The Morgan fingerprint density at radius 1 is 1.06 bits per heavy atom. The smallest absolute Gasteiger partial charge is 0.207 e. The molecule has 16 heavy (non-hydrogen) atoms. The number of nitrogens with zero attached hydrogens (tertiary/aromatic N) is 3. The molecule has 1 aromatic carbocycles. The van der Waals surface area contributed by atoms with Crippen LogP contribution >= 0.6 is 35.0 Å². The van der Waals surface area contributed by atoms with Gasteiger partial charge < -0.3 is 0 Å². The quantitative estimate of drug-likeness (QED) is 0.841. The number of benzene rings is 1. The molecule has 0 spiro atoms. The molecule has 7 heteroatoms. The molecule has 2 aromatic rings. The van der Waals surface area contributed by atoms with Gasteiger partial charge in [0.25, 0.3) is 0 Å². The van der Waals surface area contributed by atoms with E-state index in [1.54, 1.807) is 12.1 Å². The Morgan fingerprint density at radius 3 is 2.44 bits per heavy atom. The molecule has 82 valence electrons. The molecule has 0 atom stereocenters. The van der Waals surface area contributed by atoms with Crippen LogP contribution in [0.1, 0.15) is 0 Å². The van der Waals surface area contributed by atoms with Crippen molar-refractivity contribution in [2.24, 2.45) is 0 Å². The predicted octanol–water partition coefficient (Wildman–Crippen LogP) is 3.47. The summed E-state index contributed by atoms with van der Waals surface area (Å²) in [5.41, 5.74) is 0. The second kappa shape index (κ2) is 4.95. The van der Waals surface area contributed by atoms with Crippen molar-refractivity contribution in [1.82, 2.24) is 15.2 Å². The molecule has 0 aliphatic rings. The summed E-state index contributed by atoms with van der Waals surface area (Å²) in [7, 11) is 0. The van der Waals surface area contributed by atoms with E-state index in [-0.39, 0.29) is 16.3 Å². The Balaban J connectivity index is 2.26. The van der Waals surface area contributed by atoms with Gasteiger partial charge >= 0.3 is 0 Å². The second-order valence-corrected chi connectivity index (χ2v) is 4.49. The zero-order valence-corrected chi connectivity index (χ0v) is 10.0. The molecular formula is C9H4Cl2FN3S. The van der Waals surface area contributed by atoms with Gasteiger partial charge in [-0.05, 0) is 35.9 Å². The highest BCUT2D eigenvalue weighted by molar-refractivity contribution is 7.99. The molecule has 1 heterocycles.